The van der Waals surface area contributed by atoms with Gasteiger partial charge in [-0.3, -0.25) is 14.7 Å². The van der Waals surface area contributed by atoms with Gasteiger partial charge in [-0.2, -0.15) is 4.98 Å². The van der Waals surface area contributed by atoms with E-state index >= 15 is 0 Å². The fourth-order valence-corrected chi connectivity index (χ4v) is 3.31. The second-order valence-electron chi connectivity index (χ2n) is 6.52. The molecule has 8 heteroatoms. The lowest BCUT2D eigenvalue weighted by Crippen LogP contribution is -2.50. The van der Waals surface area contributed by atoms with Gasteiger partial charge in [0, 0.05) is 30.7 Å². The third-order valence-corrected chi connectivity index (χ3v) is 5.15. The summed E-state index contributed by atoms with van der Waals surface area (Å²) in [5.41, 5.74) is 1.09. The summed E-state index contributed by atoms with van der Waals surface area (Å²) < 4.78 is 6.16. The lowest BCUT2D eigenvalue weighted by molar-refractivity contribution is -0.123. The SMILES string of the molecule is COc1cncc(N2CCN(CC(=O)NC(C)c3ccc(Br)cc3)CC2)n1. The lowest BCUT2D eigenvalue weighted by atomic mass is 10.1. The number of nitrogens with one attached hydrogen (secondary N) is 1. The summed E-state index contributed by atoms with van der Waals surface area (Å²) in [4.78, 5) is 25.3. The predicted molar refractivity (Wildman–Crippen MR) is 108 cm³/mol. The van der Waals surface area contributed by atoms with Gasteiger partial charge in [-0.25, -0.2) is 0 Å². The van der Waals surface area contributed by atoms with Gasteiger partial charge in [0.15, 0.2) is 5.82 Å². The normalized spacial score (nSPS) is 16.0. The maximum absolute atomic E-state index is 12.4. The quantitative estimate of drug-likeness (QED) is 0.752. The fourth-order valence-electron chi connectivity index (χ4n) is 3.05. The molecule has 1 aromatic carbocycles. The Morgan fingerprint density at radius 1 is 1.22 bits per heavy atom. The van der Waals surface area contributed by atoms with Crippen molar-refractivity contribution in [1.82, 2.24) is 20.2 Å². The smallest absolute Gasteiger partial charge is 0.234 e. The number of ether oxygens (including phenoxy) is 1. The first kappa shape index (κ1) is 19.6. The van der Waals surface area contributed by atoms with Crippen molar-refractivity contribution in [3.63, 3.8) is 0 Å². The number of methoxy groups -OCH3 is 1. The van der Waals surface area contributed by atoms with Crippen molar-refractivity contribution >= 4 is 27.7 Å². The predicted octanol–water partition coefficient (Wildman–Crippen LogP) is 2.25. The molecule has 1 aromatic heterocycles. The van der Waals surface area contributed by atoms with Crippen LogP contribution in [0.1, 0.15) is 18.5 Å². The Morgan fingerprint density at radius 3 is 2.59 bits per heavy atom. The Morgan fingerprint density at radius 2 is 1.93 bits per heavy atom. The van der Waals surface area contributed by atoms with E-state index in [-0.39, 0.29) is 11.9 Å². The van der Waals surface area contributed by atoms with E-state index in [1.165, 1.54) is 0 Å². The van der Waals surface area contributed by atoms with Gasteiger partial charge in [-0.15, -0.1) is 0 Å². The first-order valence-electron chi connectivity index (χ1n) is 8.93. The van der Waals surface area contributed by atoms with Crippen LogP contribution in [0.4, 0.5) is 5.82 Å². The summed E-state index contributed by atoms with van der Waals surface area (Å²) in [6.45, 7) is 5.62. The van der Waals surface area contributed by atoms with Crippen molar-refractivity contribution in [2.45, 2.75) is 13.0 Å². The molecule has 2 heterocycles. The Labute approximate surface area is 167 Å². The summed E-state index contributed by atoms with van der Waals surface area (Å²) in [5.74, 6) is 1.36. The number of rotatable bonds is 6. The second kappa shape index (κ2) is 9.14. The Balaban J connectivity index is 1.47. The third-order valence-electron chi connectivity index (χ3n) is 4.62. The standard InChI is InChI=1S/C19H24BrN5O2/c1-14(15-3-5-16(20)6-4-15)22-18(26)13-24-7-9-25(10-8-24)17-11-21-12-19(23-17)27-2/h3-6,11-12,14H,7-10,13H2,1-2H3,(H,22,26). The molecule has 0 radical (unpaired) electrons. The summed E-state index contributed by atoms with van der Waals surface area (Å²) in [6, 6.07) is 7.99. The van der Waals surface area contributed by atoms with E-state index in [1.54, 1.807) is 19.5 Å². The fraction of sp³-hybridized carbons (Fsp3) is 0.421. The number of carbonyl (C=O) groups excluding carboxylic acids is 1. The minimum atomic E-state index is -0.0149. The van der Waals surface area contributed by atoms with Crippen LogP contribution in [0.5, 0.6) is 5.88 Å². The van der Waals surface area contributed by atoms with E-state index in [1.807, 2.05) is 31.2 Å². The van der Waals surface area contributed by atoms with Crippen molar-refractivity contribution < 1.29 is 9.53 Å². The monoisotopic (exact) mass is 433 g/mol. The van der Waals surface area contributed by atoms with Gasteiger partial charge >= 0.3 is 0 Å². The van der Waals surface area contributed by atoms with E-state index < -0.39 is 0 Å². The van der Waals surface area contributed by atoms with Crippen molar-refractivity contribution in [2.75, 3.05) is 44.7 Å². The number of amides is 1. The van der Waals surface area contributed by atoms with Crippen LogP contribution in [0.15, 0.2) is 41.1 Å². The van der Waals surface area contributed by atoms with Crippen molar-refractivity contribution in [2.24, 2.45) is 0 Å². The van der Waals surface area contributed by atoms with Crippen LogP contribution in [0.3, 0.4) is 0 Å². The molecule has 1 fully saturated rings. The molecule has 0 saturated carbocycles. The van der Waals surface area contributed by atoms with E-state index in [0.29, 0.717) is 12.4 Å². The third kappa shape index (κ3) is 5.40. The average molecular weight is 434 g/mol. The Bertz CT molecular complexity index is 763. The molecule has 3 rings (SSSR count). The summed E-state index contributed by atoms with van der Waals surface area (Å²) in [6.07, 6.45) is 3.33. The highest BCUT2D eigenvalue weighted by Crippen LogP contribution is 2.17. The van der Waals surface area contributed by atoms with Gasteiger partial charge in [0.05, 0.1) is 32.1 Å². The molecule has 0 spiro atoms. The van der Waals surface area contributed by atoms with Crippen LogP contribution in [0.2, 0.25) is 0 Å². The molecule has 1 N–H and O–H groups in total. The Hall–Kier alpha value is -2.19. The molecule has 1 atom stereocenters. The van der Waals surface area contributed by atoms with Gasteiger partial charge in [0.25, 0.3) is 0 Å². The van der Waals surface area contributed by atoms with Crippen LogP contribution in [-0.2, 0) is 4.79 Å². The minimum absolute atomic E-state index is 0.0149. The van der Waals surface area contributed by atoms with Crippen molar-refractivity contribution in [1.29, 1.82) is 0 Å². The molecule has 0 aliphatic carbocycles. The van der Waals surface area contributed by atoms with Crippen LogP contribution < -0.4 is 15.0 Å². The molecule has 1 aliphatic heterocycles. The Kier molecular flexibility index (Phi) is 6.63. The molecule has 0 bridgehead atoms. The van der Waals surface area contributed by atoms with E-state index in [0.717, 1.165) is 42.0 Å². The number of piperazine rings is 1. The highest BCUT2D eigenvalue weighted by Gasteiger charge is 2.21. The lowest BCUT2D eigenvalue weighted by Gasteiger charge is -2.35. The largest absolute Gasteiger partial charge is 0.480 e. The molecule has 1 saturated heterocycles. The van der Waals surface area contributed by atoms with Crippen LogP contribution in [0, 0.1) is 0 Å². The van der Waals surface area contributed by atoms with Crippen LogP contribution in [-0.4, -0.2) is 60.6 Å². The van der Waals surface area contributed by atoms with E-state index in [9.17, 15) is 4.79 Å². The highest BCUT2D eigenvalue weighted by molar-refractivity contribution is 9.10. The number of anilines is 1. The van der Waals surface area contributed by atoms with E-state index in [4.69, 9.17) is 4.74 Å². The van der Waals surface area contributed by atoms with Gasteiger partial charge in [0.2, 0.25) is 11.8 Å². The average Bonchev–Trinajstić information content (AvgIpc) is 2.69. The highest BCUT2D eigenvalue weighted by atomic mass is 79.9. The second-order valence-corrected chi connectivity index (χ2v) is 7.44. The topological polar surface area (TPSA) is 70.6 Å². The first-order valence-corrected chi connectivity index (χ1v) is 9.72. The number of aromatic nitrogens is 2. The molecule has 1 unspecified atom stereocenters. The molecule has 144 valence electrons. The van der Waals surface area contributed by atoms with Gasteiger partial charge in [0.1, 0.15) is 0 Å². The van der Waals surface area contributed by atoms with Crippen molar-refractivity contribution in [3.8, 4) is 5.88 Å². The maximum Gasteiger partial charge on any atom is 0.234 e. The molecular weight excluding hydrogens is 410 g/mol. The number of halogens is 1. The van der Waals surface area contributed by atoms with Gasteiger partial charge in [-0.05, 0) is 24.6 Å². The van der Waals surface area contributed by atoms with Crippen molar-refractivity contribution in [3.05, 3.63) is 46.7 Å². The minimum Gasteiger partial charge on any atom is -0.480 e. The summed E-state index contributed by atoms with van der Waals surface area (Å²) in [5, 5.41) is 3.07. The molecule has 27 heavy (non-hydrogen) atoms. The molecule has 1 aliphatic rings. The zero-order valence-electron chi connectivity index (χ0n) is 15.6. The first-order chi connectivity index (χ1) is 13.0. The molecule has 7 nitrogen and oxygen atoms in total. The summed E-state index contributed by atoms with van der Waals surface area (Å²) >= 11 is 3.43. The maximum atomic E-state index is 12.4. The molecule has 2 aromatic rings. The zero-order valence-corrected chi connectivity index (χ0v) is 17.1. The number of hydrogen-bond acceptors (Lipinski definition) is 6. The van der Waals surface area contributed by atoms with Gasteiger partial charge in [-0.1, -0.05) is 28.1 Å². The summed E-state index contributed by atoms with van der Waals surface area (Å²) in [7, 11) is 1.58. The van der Waals surface area contributed by atoms with Crippen LogP contribution >= 0.6 is 15.9 Å². The zero-order chi connectivity index (χ0) is 19.2. The number of carbonyl (C=O) groups is 1. The van der Waals surface area contributed by atoms with Gasteiger partial charge < -0.3 is 15.0 Å². The number of benzene rings is 1. The van der Waals surface area contributed by atoms with Crippen LogP contribution in [0.25, 0.3) is 0 Å². The molecular formula is C19H24BrN5O2. The molecule has 1 amide bonds. The number of hydrogen-bond donors (Lipinski definition) is 1. The number of nitrogens with zero attached hydrogens (tertiary/aromatic N) is 4. The van der Waals surface area contributed by atoms with E-state index in [2.05, 4.69) is 41.0 Å².